The van der Waals surface area contributed by atoms with Crippen LogP contribution in [0.5, 0.6) is 11.5 Å². The van der Waals surface area contributed by atoms with Gasteiger partial charge in [-0.25, -0.2) is 4.57 Å². The molecule has 2 aromatic carbocycles. The van der Waals surface area contributed by atoms with Crippen molar-refractivity contribution in [3.05, 3.63) is 53.6 Å². The van der Waals surface area contributed by atoms with Crippen molar-refractivity contribution in [3.63, 3.8) is 0 Å². The van der Waals surface area contributed by atoms with E-state index in [0.717, 1.165) is 12.0 Å². The lowest BCUT2D eigenvalue weighted by Crippen LogP contribution is -2.00. The molecule has 5 N–H and O–H groups in total. The van der Waals surface area contributed by atoms with Gasteiger partial charge in [0, 0.05) is 5.56 Å². The zero-order valence-electron chi connectivity index (χ0n) is 11.8. The first kappa shape index (κ1) is 16.4. The van der Waals surface area contributed by atoms with Crippen LogP contribution in [0.1, 0.15) is 17.5 Å². The van der Waals surface area contributed by atoms with E-state index in [-0.39, 0.29) is 17.2 Å². The van der Waals surface area contributed by atoms with Crippen molar-refractivity contribution in [1.29, 1.82) is 0 Å². The fourth-order valence-electron chi connectivity index (χ4n) is 2.23. The van der Waals surface area contributed by atoms with Gasteiger partial charge in [0.1, 0.15) is 11.5 Å². The Balaban J connectivity index is 2.05. The number of rotatable bonds is 6. The summed E-state index contributed by atoms with van der Waals surface area (Å²) < 4.78 is 11.1. The summed E-state index contributed by atoms with van der Waals surface area (Å²) in [4.78, 5) is 18.0. The first-order valence-electron chi connectivity index (χ1n) is 6.78. The molecule has 0 saturated carbocycles. The highest BCUT2D eigenvalue weighted by Gasteiger charge is 2.16. The Labute approximate surface area is 128 Å². The first-order chi connectivity index (χ1) is 10.3. The van der Waals surface area contributed by atoms with Gasteiger partial charge in [-0.2, -0.15) is 0 Å². The van der Waals surface area contributed by atoms with Crippen molar-refractivity contribution in [2.75, 3.05) is 5.09 Å². The van der Waals surface area contributed by atoms with Crippen molar-refractivity contribution >= 4 is 13.4 Å². The summed E-state index contributed by atoms with van der Waals surface area (Å²) in [5.74, 6) is 0.210. The maximum Gasteiger partial charge on any atom is 0.427 e. The highest BCUT2D eigenvalue weighted by atomic mass is 31.2. The fraction of sp³-hybridized carbons (Fsp3) is 0.200. The largest absolute Gasteiger partial charge is 0.508 e. The standard InChI is InChI=1S/C15H18NO5P/c17-12-9-7-11(8-10-12)3-1-4-13-14(16-22(19,20)21)5-2-6-15(13)18/h2,5-10,17-18H,1,3-4H2,(H3,16,19,20,21). The quantitative estimate of drug-likeness (QED) is 0.523. The Morgan fingerprint density at radius 2 is 1.64 bits per heavy atom. The molecule has 0 atom stereocenters. The molecule has 0 bridgehead atoms. The number of phenols is 2. The molecule has 2 aromatic rings. The van der Waals surface area contributed by atoms with Crippen molar-refractivity contribution in [2.24, 2.45) is 0 Å². The third-order valence-corrected chi connectivity index (χ3v) is 3.78. The van der Waals surface area contributed by atoms with Crippen molar-refractivity contribution in [1.82, 2.24) is 0 Å². The van der Waals surface area contributed by atoms with Crippen molar-refractivity contribution < 1.29 is 24.6 Å². The van der Waals surface area contributed by atoms with Gasteiger partial charge in [-0.15, -0.1) is 0 Å². The summed E-state index contributed by atoms with van der Waals surface area (Å²) in [6.45, 7) is 0. The van der Waals surface area contributed by atoms with Gasteiger partial charge in [-0.05, 0) is 49.1 Å². The molecule has 118 valence electrons. The molecule has 0 amide bonds. The molecule has 0 aliphatic rings. The number of anilines is 1. The second-order valence-electron chi connectivity index (χ2n) is 4.98. The fourth-order valence-corrected chi connectivity index (χ4v) is 2.75. The van der Waals surface area contributed by atoms with Gasteiger partial charge < -0.3 is 20.0 Å². The van der Waals surface area contributed by atoms with Crippen LogP contribution in [0.3, 0.4) is 0 Å². The lowest BCUT2D eigenvalue weighted by atomic mass is 10.0. The lowest BCUT2D eigenvalue weighted by Gasteiger charge is -2.14. The summed E-state index contributed by atoms with van der Waals surface area (Å²) in [5, 5.41) is 21.2. The number of aryl methyl sites for hydroxylation is 1. The van der Waals surface area contributed by atoms with Crippen LogP contribution < -0.4 is 5.09 Å². The number of hydrogen-bond donors (Lipinski definition) is 5. The SMILES string of the molecule is O=P(O)(O)Nc1cccc(O)c1CCCc1ccc(O)cc1. The Morgan fingerprint density at radius 3 is 2.27 bits per heavy atom. The van der Waals surface area contributed by atoms with Gasteiger partial charge >= 0.3 is 7.75 Å². The third-order valence-electron chi connectivity index (χ3n) is 3.25. The number of hydrogen-bond acceptors (Lipinski definition) is 3. The predicted octanol–water partition coefficient (Wildman–Crippen LogP) is 2.78. The zero-order chi connectivity index (χ0) is 16.2. The molecule has 7 heteroatoms. The highest BCUT2D eigenvalue weighted by Crippen LogP contribution is 2.39. The van der Waals surface area contributed by atoms with E-state index in [1.165, 1.54) is 18.2 Å². The number of nitrogens with one attached hydrogen (secondary N) is 1. The van der Waals surface area contributed by atoms with Crippen LogP contribution in [-0.2, 0) is 17.4 Å². The van der Waals surface area contributed by atoms with E-state index in [1.807, 2.05) is 12.1 Å². The molecular weight excluding hydrogens is 305 g/mol. The molecule has 6 nitrogen and oxygen atoms in total. The summed E-state index contributed by atoms with van der Waals surface area (Å²) in [5.41, 5.74) is 1.75. The van der Waals surface area contributed by atoms with Crippen LogP contribution in [0.2, 0.25) is 0 Å². The van der Waals surface area contributed by atoms with E-state index in [9.17, 15) is 14.8 Å². The topological polar surface area (TPSA) is 110 Å². The second-order valence-corrected chi connectivity index (χ2v) is 6.29. The van der Waals surface area contributed by atoms with Crippen LogP contribution in [0.25, 0.3) is 0 Å². The molecule has 2 rings (SSSR count). The number of aromatic hydroxyl groups is 2. The van der Waals surface area contributed by atoms with E-state index >= 15 is 0 Å². The maximum absolute atomic E-state index is 11.1. The molecule has 0 unspecified atom stereocenters. The Bertz CT molecular complexity index is 681. The highest BCUT2D eigenvalue weighted by molar-refractivity contribution is 7.53. The van der Waals surface area contributed by atoms with Gasteiger partial charge in [-0.3, -0.25) is 5.09 Å². The Hall–Kier alpha value is -2.01. The molecule has 0 saturated heterocycles. The average Bonchev–Trinajstić information content (AvgIpc) is 2.42. The summed E-state index contributed by atoms with van der Waals surface area (Å²) in [7, 11) is -4.42. The van der Waals surface area contributed by atoms with E-state index < -0.39 is 7.75 Å². The number of phenolic OH excluding ortho intramolecular Hbond substituents is 2. The monoisotopic (exact) mass is 323 g/mol. The summed E-state index contributed by atoms with van der Waals surface area (Å²) in [6, 6.07) is 11.4. The molecule has 0 fully saturated rings. The summed E-state index contributed by atoms with van der Waals surface area (Å²) >= 11 is 0. The van der Waals surface area contributed by atoms with E-state index in [4.69, 9.17) is 9.79 Å². The molecule has 0 radical (unpaired) electrons. The van der Waals surface area contributed by atoms with Gasteiger partial charge in [0.05, 0.1) is 5.69 Å². The molecule has 22 heavy (non-hydrogen) atoms. The van der Waals surface area contributed by atoms with Crippen LogP contribution in [0.4, 0.5) is 5.69 Å². The normalized spacial score (nSPS) is 11.4. The van der Waals surface area contributed by atoms with Crippen LogP contribution in [0.15, 0.2) is 42.5 Å². The van der Waals surface area contributed by atoms with Gasteiger partial charge in [0.2, 0.25) is 0 Å². The second kappa shape index (κ2) is 6.83. The molecule has 0 aliphatic heterocycles. The third kappa shape index (κ3) is 4.77. The first-order valence-corrected chi connectivity index (χ1v) is 8.39. The average molecular weight is 323 g/mol. The molecule has 0 heterocycles. The maximum atomic E-state index is 11.1. The van der Waals surface area contributed by atoms with Crippen molar-refractivity contribution in [2.45, 2.75) is 19.3 Å². The van der Waals surface area contributed by atoms with Crippen LogP contribution in [-0.4, -0.2) is 20.0 Å². The van der Waals surface area contributed by atoms with E-state index in [1.54, 1.807) is 12.1 Å². The van der Waals surface area contributed by atoms with Crippen LogP contribution in [0, 0.1) is 0 Å². The lowest BCUT2D eigenvalue weighted by molar-refractivity contribution is 0.380. The molecular formula is C15H18NO5P. The minimum atomic E-state index is -4.42. The molecule has 0 spiro atoms. The van der Waals surface area contributed by atoms with E-state index in [2.05, 4.69) is 5.09 Å². The summed E-state index contributed by atoms with van der Waals surface area (Å²) in [6.07, 6.45) is 1.89. The molecule has 0 aromatic heterocycles. The predicted molar refractivity (Wildman–Crippen MR) is 83.9 cm³/mol. The Kier molecular flexibility index (Phi) is 5.08. The minimum absolute atomic E-state index is 0.00385. The minimum Gasteiger partial charge on any atom is -0.508 e. The Morgan fingerprint density at radius 1 is 0.955 bits per heavy atom. The van der Waals surface area contributed by atoms with E-state index in [0.29, 0.717) is 18.4 Å². The van der Waals surface area contributed by atoms with Crippen molar-refractivity contribution in [3.8, 4) is 11.5 Å². The van der Waals surface area contributed by atoms with Gasteiger partial charge in [0.25, 0.3) is 0 Å². The zero-order valence-corrected chi connectivity index (χ0v) is 12.7. The smallest absolute Gasteiger partial charge is 0.427 e. The van der Waals surface area contributed by atoms with Crippen LogP contribution >= 0.6 is 7.75 Å². The molecule has 0 aliphatic carbocycles. The van der Waals surface area contributed by atoms with Gasteiger partial charge in [0.15, 0.2) is 0 Å². The van der Waals surface area contributed by atoms with Gasteiger partial charge in [-0.1, -0.05) is 18.2 Å². The number of benzene rings is 2.